The first kappa shape index (κ1) is 22.2. The zero-order chi connectivity index (χ0) is 23.8. The fourth-order valence-electron chi connectivity index (χ4n) is 3.94. The third-order valence-corrected chi connectivity index (χ3v) is 6.93. The molecule has 0 saturated heterocycles. The highest BCUT2D eigenvalue weighted by molar-refractivity contribution is 7.99. The Morgan fingerprint density at radius 2 is 1.62 bits per heavy atom. The highest BCUT2D eigenvalue weighted by atomic mass is 35.5. The van der Waals surface area contributed by atoms with Crippen molar-refractivity contribution in [3.8, 4) is 0 Å². The van der Waals surface area contributed by atoms with Crippen LogP contribution in [-0.2, 0) is 9.53 Å². The molecule has 0 saturated carbocycles. The Bertz CT molecular complexity index is 1360. The van der Waals surface area contributed by atoms with Crippen molar-refractivity contribution < 1.29 is 23.9 Å². The minimum atomic E-state index is -0.757. The number of carbonyl (C=O) groups excluding carboxylic acids is 4. The molecule has 2 aliphatic heterocycles. The number of para-hydroxylation sites is 2. The van der Waals surface area contributed by atoms with Crippen LogP contribution >= 0.6 is 23.4 Å². The topological polar surface area (TPSA) is 84.0 Å². The van der Waals surface area contributed by atoms with Gasteiger partial charge in [-0.25, -0.2) is 9.69 Å². The van der Waals surface area contributed by atoms with Gasteiger partial charge in [0.05, 0.1) is 33.1 Å². The lowest BCUT2D eigenvalue weighted by atomic mass is 10.1. The molecule has 0 spiro atoms. The van der Waals surface area contributed by atoms with E-state index in [2.05, 4.69) is 0 Å². The Hall–Kier alpha value is -3.62. The molecule has 0 unspecified atom stereocenters. The molecule has 3 aromatic carbocycles. The molecule has 7 nitrogen and oxygen atoms in total. The molecule has 5 rings (SSSR count). The van der Waals surface area contributed by atoms with E-state index in [1.807, 2.05) is 24.3 Å². The van der Waals surface area contributed by atoms with Crippen molar-refractivity contribution in [3.05, 3.63) is 88.4 Å². The fraction of sp³-hybridized carbons (Fsp3) is 0.120. The largest absolute Gasteiger partial charge is 0.452 e. The Labute approximate surface area is 204 Å². The van der Waals surface area contributed by atoms with Crippen molar-refractivity contribution in [3.63, 3.8) is 0 Å². The molecule has 0 bridgehead atoms. The maximum absolute atomic E-state index is 13.0. The van der Waals surface area contributed by atoms with Crippen molar-refractivity contribution in [2.24, 2.45) is 0 Å². The third-order valence-electron chi connectivity index (χ3n) is 5.57. The molecule has 2 heterocycles. The number of hydrogen-bond donors (Lipinski definition) is 0. The molecule has 0 aliphatic carbocycles. The van der Waals surface area contributed by atoms with Crippen LogP contribution < -0.4 is 9.80 Å². The standard InChI is InChI=1S/C25H17ClN2O5S/c26-18-5-1-2-6-19(18)28-23(30)16-10-9-15(13-17(16)24(28)31)25(32)33-14-22(29)27-11-12-34-21-8-4-3-7-20(21)27/h1-10,13H,11-12,14H2. The number of thioether (sulfide) groups is 1. The second-order valence-corrected chi connectivity index (χ2v) is 9.14. The lowest BCUT2D eigenvalue weighted by molar-refractivity contribution is -0.121. The van der Waals surface area contributed by atoms with Crippen LogP contribution in [0, 0.1) is 0 Å². The van der Waals surface area contributed by atoms with E-state index in [-0.39, 0.29) is 33.3 Å². The summed E-state index contributed by atoms with van der Waals surface area (Å²) in [4.78, 5) is 54.7. The molecule has 3 amide bonds. The number of esters is 1. The van der Waals surface area contributed by atoms with E-state index in [1.165, 1.54) is 18.2 Å². The number of imide groups is 1. The normalized spacial score (nSPS) is 14.6. The summed E-state index contributed by atoms with van der Waals surface area (Å²) in [6.07, 6.45) is 0. The van der Waals surface area contributed by atoms with Crippen molar-refractivity contribution in [1.29, 1.82) is 0 Å². The average molecular weight is 493 g/mol. The van der Waals surface area contributed by atoms with Gasteiger partial charge in [-0.3, -0.25) is 14.4 Å². The van der Waals surface area contributed by atoms with Crippen LogP contribution in [0.3, 0.4) is 0 Å². The van der Waals surface area contributed by atoms with Crippen molar-refractivity contribution in [2.45, 2.75) is 4.90 Å². The van der Waals surface area contributed by atoms with E-state index >= 15 is 0 Å². The highest BCUT2D eigenvalue weighted by Gasteiger charge is 2.38. The smallest absolute Gasteiger partial charge is 0.338 e. The van der Waals surface area contributed by atoms with Crippen LogP contribution in [0.5, 0.6) is 0 Å². The van der Waals surface area contributed by atoms with Crippen LogP contribution in [0.2, 0.25) is 5.02 Å². The van der Waals surface area contributed by atoms with Gasteiger partial charge >= 0.3 is 5.97 Å². The van der Waals surface area contributed by atoms with Crippen LogP contribution in [-0.4, -0.2) is 42.6 Å². The van der Waals surface area contributed by atoms with Crippen LogP contribution in [0.1, 0.15) is 31.1 Å². The summed E-state index contributed by atoms with van der Waals surface area (Å²) in [5.41, 5.74) is 1.38. The molecule has 2 aliphatic rings. The van der Waals surface area contributed by atoms with Crippen LogP contribution in [0.15, 0.2) is 71.6 Å². The molecule has 0 N–H and O–H groups in total. The lowest BCUT2D eigenvalue weighted by Crippen LogP contribution is -2.38. The molecule has 0 atom stereocenters. The summed E-state index contributed by atoms with van der Waals surface area (Å²) in [5, 5.41) is 0.257. The molecule has 0 radical (unpaired) electrons. The van der Waals surface area contributed by atoms with E-state index in [1.54, 1.807) is 40.9 Å². The quantitative estimate of drug-likeness (QED) is 0.395. The molecule has 0 aromatic heterocycles. The summed E-state index contributed by atoms with van der Waals surface area (Å²) in [6, 6.07) is 18.2. The minimum absolute atomic E-state index is 0.0725. The van der Waals surface area contributed by atoms with E-state index in [9.17, 15) is 19.2 Å². The predicted molar refractivity (Wildman–Crippen MR) is 129 cm³/mol. The Morgan fingerprint density at radius 1 is 0.912 bits per heavy atom. The van der Waals surface area contributed by atoms with Crippen molar-refractivity contribution in [1.82, 2.24) is 0 Å². The van der Waals surface area contributed by atoms with Gasteiger partial charge in [0.1, 0.15) is 0 Å². The Balaban J connectivity index is 1.31. The van der Waals surface area contributed by atoms with Gasteiger partial charge in [-0.1, -0.05) is 35.9 Å². The van der Waals surface area contributed by atoms with Gasteiger partial charge in [-0.05, 0) is 42.5 Å². The number of halogens is 1. The van der Waals surface area contributed by atoms with E-state index in [4.69, 9.17) is 16.3 Å². The van der Waals surface area contributed by atoms with E-state index in [0.717, 1.165) is 21.2 Å². The molecule has 9 heteroatoms. The molecule has 170 valence electrons. The fourth-order valence-corrected chi connectivity index (χ4v) is 5.15. The highest BCUT2D eigenvalue weighted by Crippen LogP contribution is 2.35. The Kier molecular flexibility index (Phi) is 5.85. The number of nitrogens with zero attached hydrogens (tertiary/aromatic N) is 2. The second kappa shape index (κ2) is 8.96. The van der Waals surface area contributed by atoms with Gasteiger partial charge in [0.25, 0.3) is 17.7 Å². The number of carbonyl (C=O) groups is 4. The Morgan fingerprint density at radius 3 is 2.41 bits per heavy atom. The summed E-state index contributed by atoms with van der Waals surface area (Å²) < 4.78 is 5.24. The summed E-state index contributed by atoms with van der Waals surface area (Å²) in [5.74, 6) is -1.45. The number of fused-ring (bicyclic) bond motifs is 2. The summed E-state index contributed by atoms with van der Waals surface area (Å²) in [7, 11) is 0. The first-order chi connectivity index (χ1) is 16.5. The average Bonchev–Trinajstić information content (AvgIpc) is 3.11. The molecule has 3 aromatic rings. The molecular formula is C25H17ClN2O5S. The lowest BCUT2D eigenvalue weighted by Gasteiger charge is -2.28. The molecule has 0 fully saturated rings. The maximum atomic E-state index is 13.0. The third kappa shape index (κ3) is 3.85. The second-order valence-electron chi connectivity index (χ2n) is 7.60. The van der Waals surface area contributed by atoms with Crippen molar-refractivity contribution in [2.75, 3.05) is 28.7 Å². The van der Waals surface area contributed by atoms with Crippen LogP contribution in [0.25, 0.3) is 0 Å². The monoisotopic (exact) mass is 492 g/mol. The SMILES string of the molecule is O=C(OCC(=O)N1CCSc2ccccc21)c1ccc2c(c1)C(=O)N(c1ccccc1Cl)C2=O. The van der Waals surface area contributed by atoms with Gasteiger partial charge in [0.2, 0.25) is 0 Å². The van der Waals surface area contributed by atoms with E-state index in [0.29, 0.717) is 6.54 Å². The van der Waals surface area contributed by atoms with E-state index < -0.39 is 24.4 Å². The minimum Gasteiger partial charge on any atom is -0.452 e. The number of hydrogen-bond acceptors (Lipinski definition) is 6. The van der Waals surface area contributed by atoms with Gasteiger partial charge in [0, 0.05) is 17.2 Å². The first-order valence-electron chi connectivity index (χ1n) is 10.4. The van der Waals surface area contributed by atoms with Gasteiger partial charge in [-0.2, -0.15) is 0 Å². The zero-order valence-electron chi connectivity index (χ0n) is 17.7. The number of ether oxygens (including phenoxy) is 1. The first-order valence-corrected chi connectivity index (χ1v) is 11.8. The number of benzene rings is 3. The number of rotatable bonds is 4. The maximum Gasteiger partial charge on any atom is 0.338 e. The number of anilines is 2. The van der Waals surface area contributed by atoms with Gasteiger partial charge in [-0.15, -0.1) is 11.8 Å². The van der Waals surface area contributed by atoms with Crippen LogP contribution in [0.4, 0.5) is 11.4 Å². The zero-order valence-corrected chi connectivity index (χ0v) is 19.3. The molecule has 34 heavy (non-hydrogen) atoms. The van der Waals surface area contributed by atoms with Gasteiger partial charge in [0.15, 0.2) is 6.61 Å². The summed E-state index contributed by atoms with van der Waals surface area (Å²) >= 11 is 7.84. The van der Waals surface area contributed by atoms with Crippen molar-refractivity contribution >= 4 is 58.4 Å². The molecular weight excluding hydrogens is 476 g/mol. The summed E-state index contributed by atoms with van der Waals surface area (Å²) in [6.45, 7) is 0.0823. The predicted octanol–water partition coefficient (Wildman–Crippen LogP) is 4.44. The number of amides is 3. The van der Waals surface area contributed by atoms with Gasteiger partial charge < -0.3 is 9.64 Å².